The number of furan rings is 1. The van der Waals surface area contributed by atoms with Crippen LogP contribution >= 0.6 is 0 Å². The van der Waals surface area contributed by atoms with Crippen molar-refractivity contribution in [3.05, 3.63) is 47.7 Å². The molecule has 11 heteroatoms. The highest BCUT2D eigenvalue weighted by molar-refractivity contribution is 5.89. The SMILES string of the molecule is Cc1c([C@H](NC(=O)Nc2cnc(N3CC(OC(F)F)C3)nc2)C(C)C)oc2ccc(F)cc12. The molecule has 0 spiro atoms. The van der Waals surface area contributed by atoms with E-state index in [-0.39, 0.29) is 24.8 Å². The molecule has 3 heterocycles. The predicted octanol–water partition coefficient (Wildman–Crippen LogP) is 4.62. The minimum absolute atomic E-state index is 0.00620. The molecule has 1 saturated heterocycles. The lowest BCUT2D eigenvalue weighted by molar-refractivity contribution is -0.167. The van der Waals surface area contributed by atoms with Crippen molar-refractivity contribution in [2.45, 2.75) is 39.5 Å². The first kappa shape index (κ1) is 22.8. The van der Waals surface area contributed by atoms with Crippen molar-refractivity contribution in [1.29, 1.82) is 0 Å². The largest absolute Gasteiger partial charge is 0.459 e. The summed E-state index contributed by atoms with van der Waals surface area (Å²) < 4.78 is 48.4. The Morgan fingerprint density at radius 3 is 2.58 bits per heavy atom. The highest BCUT2D eigenvalue weighted by atomic mass is 19.3. The standard InChI is InChI=1S/C22H24F3N5O3/c1-11(2)18(19-12(3)16-6-13(23)4-5-17(16)33-19)29-22(31)28-14-7-26-21(27-8-14)30-9-15(10-30)32-20(24)25/h4-8,11,15,18,20H,9-10H2,1-3H3,(H2,28,29,31)/t18-/m1/s1. The van der Waals surface area contributed by atoms with Gasteiger partial charge in [-0.1, -0.05) is 13.8 Å². The van der Waals surface area contributed by atoms with Crippen molar-refractivity contribution < 1.29 is 27.1 Å². The summed E-state index contributed by atoms with van der Waals surface area (Å²) in [7, 11) is 0. The van der Waals surface area contributed by atoms with Gasteiger partial charge in [0.2, 0.25) is 5.95 Å². The van der Waals surface area contributed by atoms with E-state index in [4.69, 9.17) is 4.42 Å². The lowest BCUT2D eigenvalue weighted by Crippen LogP contribution is -2.53. The number of anilines is 2. The molecule has 33 heavy (non-hydrogen) atoms. The number of carbonyl (C=O) groups is 1. The van der Waals surface area contributed by atoms with Crippen LogP contribution in [0.1, 0.15) is 31.2 Å². The normalized spacial score (nSPS) is 15.2. The first-order valence-electron chi connectivity index (χ1n) is 10.5. The van der Waals surface area contributed by atoms with E-state index in [1.165, 1.54) is 24.5 Å². The highest BCUT2D eigenvalue weighted by Crippen LogP contribution is 2.33. The van der Waals surface area contributed by atoms with Gasteiger partial charge in [0.1, 0.15) is 17.2 Å². The number of nitrogens with zero attached hydrogens (tertiary/aromatic N) is 3. The fourth-order valence-corrected chi connectivity index (χ4v) is 3.73. The summed E-state index contributed by atoms with van der Waals surface area (Å²) in [6.07, 6.45) is 2.31. The number of rotatable bonds is 7. The van der Waals surface area contributed by atoms with E-state index in [1.54, 1.807) is 11.0 Å². The van der Waals surface area contributed by atoms with Gasteiger partial charge in [0.05, 0.1) is 30.2 Å². The topological polar surface area (TPSA) is 92.5 Å². The van der Waals surface area contributed by atoms with Gasteiger partial charge in [0.25, 0.3) is 0 Å². The lowest BCUT2D eigenvalue weighted by atomic mass is 9.98. The smallest absolute Gasteiger partial charge is 0.345 e. The second kappa shape index (κ2) is 9.26. The number of benzene rings is 1. The first-order valence-corrected chi connectivity index (χ1v) is 10.5. The Balaban J connectivity index is 1.39. The average molecular weight is 463 g/mol. The molecule has 3 aromatic rings. The van der Waals surface area contributed by atoms with Crippen LogP contribution in [0.5, 0.6) is 0 Å². The van der Waals surface area contributed by atoms with Crippen LogP contribution in [0.4, 0.5) is 29.6 Å². The van der Waals surface area contributed by atoms with E-state index in [0.717, 1.165) is 5.56 Å². The number of hydrogen-bond donors (Lipinski definition) is 2. The molecule has 2 N–H and O–H groups in total. The quantitative estimate of drug-likeness (QED) is 0.531. The van der Waals surface area contributed by atoms with Gasteiger partial charge < -0.3 is 24.7 Å². The molecule has 0 saturated carbocycles. The first-order chi connectivity index (χ1) is 15.7. The highest BCUT2D eigenvalue weighted by Gasteiger charge is 2.31. The lowest BCUT2D eigenvalue weighted by Gasteiger charge is -2.38. The molecular weight excluding hydrogens is 439 g/mol. The van der Waals surface area contributed by atoms with E-state index in [1.807, 2.05) is 20.8 Å². The van der Waals surface area contributed by atoms with Gasteiger partial charge >= 0.3 is 12.6 Å². The minimum Gasteiger partial charge on any atom is -0.459 e. The zero-order valence-corrected chi connectivity index (χ0v) is 18.3. The van der Waals surface area contributed by atoms with Gasteiger partial charge in [-0.05, 0) is 31.0 Å². The van der Waals surface area contributed by atoms with Gasteiger partial charge in [0.15, 0.2) is 0 Å². The molecule has 2 amide bonds. The van der Waals surface area contributed by atoms with Crippen LogP contribution < -0.4 is 15.5 Å². The molecule has 4 rings (SSSR count). The van der Waals surface area contributed by atoms with Crippen molar-refractivity contribution >= 4 is 28.6 Å². The number of alkyl halides is 2. The van der Waals surface area contributed by atoms with Gasteiger partial charge in [-0.25, -0.2) is 19.2 Å². The summed E-state index contributed by atoms with van der Waals surface area (Å²) >= 11 is 0. The Morgan fingerprint density at radius 2 is 1.94 bits per heavy atom. The minimum atomic E-state index is -2.80. The van der Waals surface area contributed by atoms with Crippen molar-refractivity contribution in [2.24, 2.45) is 5.92 Å². The molecule has 8 nitrogen and oxygen atoms in total. The van der Waals surface area contributed by atoms with Crippen molar-refractivity contribution in [1.82, 2.24) is 15.3 Å². The summed E-state index contributed by atoms with van der Waals surface area (Å²) in [5.41, 5.74) is 1.68. The number of nitrogens with one attached hydrogen (secondary N) is 2. The molecule has 0 bridgehead atoms. The number of halogens is 3. The van der Waals surface area contributed by atoms with Crippen LogP contribution in [0.25, 0.3) is 11.0 Å². The number of ether oxygens (including phenoxy) is 1. The van der Waals surface area contributed by atoms with Crippen LogP contribution in [0.2, 0.25) is 0 Å². The van der Waals surface area contributed by atoms with Crippen LogP contribution in [-0.2, 0) is 4.74 Å². The molecule has 0 radical (unpaired) electrons. The predicted molar refractivity (Wildman–Crippen MR) is 116 cm³/mol. The average Bonchev–Trinajstić information content (AvgIpc) is 3.05. The third kappa shape index (κ3) is 5.03. The molecule has 0 aliphatic carbocycles. The van der Waals surface area contributed by atoms with Crippen LogP contribution in [-0.4, -0.2) is 41.8 Å². The van der Waals surface area contributed by atoms with E-state index < -0.39 is 24.8 Å². The van der Waals surface area contributed by atoms with Crippen LogP contribution in [0.15, 0.2) is 35.0 Å². The van der Waals surface area contributed by atoms with E-state index in [2.05, 4.69) is 25.3 Å². The van der Waals surface area contributed by atoms with Gasteiger partial charge in [-0.15, -0.1) is 0 Å². The maximum atomic E-state index is 13.6. The summed E-state index contributed by atoms with van der Waals surface area (Å²) in [5, 5.41) is 6.23. The van der Waals surface area contributed by atoms with E-state index in [0.29, 0.717) is 28.4 Å². The molecule has 2 aromatic heterocycles. The van der Waals surface area contributed by atoms with E-state index >= 15 is 0 Å². The summed E-state index contributed by atoms with van der Waals surface area (Å²) in [5.74, 6) is 0.558. The number of carbonyl (C=O) groups excluding carboxylic acids is 1. The Bertz CT molecular complexity index is 1130. The van der Waals surface area contributed by atoms with Gasteiger partial charge in [0, 0.05) is 24.0 Å². The fourth-order valence-electron chi connectivity index (χ4n) is 3.73. The second-order valence-electron chi connectivity index (χ2n) is 8.25. The number of hydrogen-bond acceptors (Lipinski definition) is 6. The molecule has 176 valence electrons. The summed E-state index contributed by atoms with van der Waals surface area (Å²) in [6, 6.07) is 3.37. The molecule has 1 aliphatic heterocycles. The summed E-state index contributed by atoms with van der Waals surface area (Å²) in [6.45, 7) is 3.45. The Hall–Kier alpha value is -3.34. The van der Waals surface area contributed by atoms with Gasteiger partial charge in [-0.2, -0.15) is 8.78 Å². The monoisotopic (exact) mass is 463 g/mol. The summed E-state index contributed by atoms with van der Waals surface area (Å²) in [4.78, 5) is 22.7. The van der Waals surface area contributed by atoms with Crippen molar-refractivity contribution in [2.75, 3.05) is 23.3 Å². The van der Waals surface area contributed by atoms with E-state index in [9.17, 15) is 18.0 Å². The molecule has 1 atom stereocenters. The fraction of sp³-hybridized carbons (Fsp3) is 0.409. The number of amides is 2. The molecule has 1 aliphatic rings. The molecule has 1 fully saturated rings. The Morgan fingerprint density at radius 1 is 1.24 bits per heavy atom. The van der Waals surface area contributed by atoms with Crippen molar-refractivity contribution in [3.63, 3.8) is 0 Å². The van der Waals surface area contributed by atoms with Crippen LogP contribution in [0.3, 0.4) is 0 Å². The second-order valence-corrected chi connectivity index (χ2v) is 8.25. The molecule has 1 aromatic carbocycles. The Kier molecular flexibility index (Phi) is 6.41. The third-order valence-electron chi connectivity index (χ3n) is 5.49. The van der Waals surface area contributed by atoms with Crippen molar-refractivity contribution in [3.8, 4) is 0 Å². The van der Waals surface area contributed by atoms with Gasteiger partial charge in [-0.3, -0.25) is 0 Å². The maximum Gasteiger partial charge on any atom is 0.345 e. The number of aromatic nitrogens is 2. The molecule has 0 unspecified atom stereocenters. The maximum absolute atomic E-state index is 13.6. The molecular formula is C22H24F3N5O3. The van der Waals surface area contributed by atoms with Crippen LogP contribution in [0, 0.1) is 18.7 Å². The zero-order chi connectivity index (χ0) is 23.7. The third-order valence-corrected chi connectivity index (χ3v) is 5.49. The zero-order valence-electron chi connectivity index (χ0n) is 18.3. The number of urea groups is 1. The Labute approximate surface area is 188 Å². The number of aryl methyl sites for hydroxylation is 1. The number of fused-ring (bicyclic) bond motifs is 1.